The van der Waals surface area contributed by atoms with Gasteiger partial charge in [-0.25, -0.2) is 4.79 Å². The predicted octanol–water partition coefficient (Wildman–Crippen LogP) is 1.48. The molecule has 0 amide bonds. The molecule has 0 aromatic rings. The van der Waals surface area contributed by atoms with Crippen LogP contribution in [0.2, 0.25) is 0 Å². The number of carbonyl (C=O) groups is 1. The van der Waals surface area contributed by atoms with Crippen LogP contribution >= 0.6 is 0 Å². The van der Waals surface area contributed by atoms with E-state index in [1.165, 1.54) is 0 Å². The number of hydrogen-bond donors (Lipinski definition) is 1. The van der Waals surface area contributed by atoms with Gasteiger partial charge in [-0.05, 0) is 13.3 Å². The summed E-state index contributed by atoms with van der Waals surface area (Å²) in [6.07, 6.45) is -1.15. The number of carboxylic acid groups (broad SMARTS) is 1. The summed E-state index contributed by atoms with van der Waals surface area (Å²) >= 11 is 0. The first kappa shape index (κ1) is 8.83. The highest BCUT2D eigenvalue weighted by molar-refractivity contribution is 5.57. The summed E-state index contributed by atoms with van der Waals surface area (Å²) < 4.78 is 4.38. The Bertz CT molecular complexity index is 163. The van der Waals surface area contributed by atoms with Gasteiger partial charge in [0.25, 0.3) is 0 Å². The van der Waals surface area contributed by atoms with E-state index in [1.807, 2.05) is 6.92 Å². The molecule has 0 spiro atoms. The van der Waals surface area contributed by atoms with Crippen molar-refractivity contribution < 1.29 is 14.6 Å². The molecule has 0 aromatic heterocycles. The Kier molecular flexibility index (Phi) is 4.14. The Balaban J connectivity index is 3.79. The fourth-order valence-corrected chi connectivity index (χ4v) is 0.498. The molecule has 0 aliphatic heterocycles. The van der Waals surface area contributed by atoms with E-state index < -0.39 is 12.3 Å². The third-order valence-electron chi connectivity index (χ3n) is 0.919. The summed E-state index contributed by atoms with van der Waals surface area (Å²) in [4.78, 5) is 9.95. The largest absolute Gasteiger partial charge is 0.507 e. The normalized spacial score (nSPS) is 11.0. The van der Waals surface area contributed by atoms with Crippen molar-refractivity contribution in [1.29, 1.82) is 0 Å². The first-order chi connectivity index (χ1) is 4.70. The Morgan fingerprint density at radius 3 is 2.70 bits per heavy atom. The van der Waals surface area contributed by atoms with E-state index in [4.69, 9.17) is 5.11 Å². The predicted molar refractivity (Wildman–Crippen MR) is 36.6 cm³/mol. The van der Waals surface area contributed by atoms with Gasteiger partial charge in [0, 0.05) is 0 Å². The summed E-state index contributed by atoms with van der Waals surface area (Å²) in [7, 11) is 0. The van der Waals surface area contributed by atoms with Crippen molar-refractivity contribution in [3.63, 3.8) is 0 Å². The molecule has 0 heterocycles. The quantitative estimate of drug-likeness (QED) is 0.469. The lowest BCUT2D eigenvalue weighted by Crippen LogP contribution is -2.13. The summed E-state index contributed by atoms with van der Waals surface area (Å²) in [6, 6.07) is 0. The highest BCUT2D eigenvalue weighted by Gasteiger charge is 2.05. The highest BCUT2D eigenvalue weighted by atomic mass is 16.7. The van der Waals surface area contributed by atoms with E-state index in [0.717, 1.165) is 0 Å². The molecular formula is C7H10O3. The molecule has 0 rings (SSSR count). The van der Waals surface area contributed by atoms with Crippen LogP contribution in [0.5, 0.6) is 0 Å². The zero-order chi connectivity index (χ0) is 7.98. The monoisotopic (exact) mass is 142 g/mol. The maximum absolute atomic E-state index is 9.95. The van der Waals surface area contributed by atoms with Crippen LogP contribution in [0.1, 0.15) is 20.3 Å². The van der Waals surface area contributed by atoms with Gasteiger partial charge in [0.2, 0.25) is 0 Å². The molecule has 0 saturated heterocycles. The zero-order valence-electron chi connectivity index (χ0n) is 6.05. The second-order valence-corrected chi connectivity index (χ2v) is 1.67. The molecule has 10 heavy (non-hydrogen) atoms. The van der Waals surface area contributed by atoms with Gasteiger partial charge in [-0.2, -0.15) is 0 Å². The number of hydrogen-bond acceptors (Lipinski definition) is 2. The summed E-state index contributed by atoms with van der Waals surface area (Å²) in [6.45, 7) is 3.46. The Labute approximate surface area is 60.0 Å². The van der Waals surface area contributed by atoms with Crippen molar-refractivity contribution in [1.82, 2.24) is 0 Å². The van der Waals surface area contributed by atoms with Crippen LogP contribution in [0.3, 0.4) is 0 Å². The molecule has 3 nitrogen and oxygen atoms in total. The molecule has 0 bridgehead atoms. The maximum Gasteiger partial charge on any atom is 0.507 e. The minimum absolute atomic E-state index is 0.470. The number of rotatable bonds is 2. The van der Waals surface area contributed by atoms with E-state index in [2.05, 4.69) is 16.6 Å². The molecule has 1 atom stereocenters. The van der Waals surface area contributed by atoms with Gasteiger partial charge in [-0.1, -0.05) is 12.8 Å². The van der Waals surface area contributed by atoms with Crippen molar-refractivity contribution in [3.8, 4) is 11.8 Å². The summed E-state index contributed by atoms with van der Waals surface area (Å²) in [5.74, 6) is 5.20. The molecule has 1 unspecified atom stereocenters. The second kappa shape index (κ2) is 4.68. The van der Waals surface area contributed by atoms with Gasteiger partial charge in [0.1, 0.15) is 0 Å². The van der Waals surface area contributed by atoms with Crippen molar-refractivity contribution >= 4 is 6.16 Å². The lowest BCUT2D eigenvalue weighted by atomic mass is 10.3. The maximum atomic E-state index is 9.95. The van der Waals surface area contributed by atoms with E-state index in [0.29, 0.717) is 6.42 Å². The molecule has 0 radical (unpaired) electrons. The van der Waals surface area contributed by atoms with E-state index in [9.17, 15) is 4.79 Å². The van der Waals surface area contributed by atoms with E-state index in [1.54, 1.807) is 6.92 Å². The first-order valence-corrected chi connectivity index (χ1v) is 3.02. The standard InChI is InChI=1S/C7H10O3/c1-3-5-6(4-2)10-7(8)9/h6H,4H2,1-2H3,(H,8,9). The van der Waals surface area contributed by atoms with Crippen molar-refractivity contribution in [3.05, 3.63) is 0 Å². The molecule has 3 heteroatoms. The van der Waals surface area contributed by atoms with Crippen LogP contribution in [0.4, 0.5) is 4.79 Å². The third-order valence-corrected chi connectivity index (χ3v) is 0.919. The average molecular weight is 142 g/mol. The molecular weight excluding hydrogens is 132 g/mol. The molecule has 0 aliphatic carbocycles. The van der Waals surface area contributed by atoms with E-state index >= 15 is 0 Å². The van der Waals surface area contributed by atoms with Crippen LogP contribution in [0.25, 0.3) is 0 Å². The molecule has 0 fully saturated rings. The Morgan fingerprint density at radius 1 is 1.80 bits per heavy atom. The van der Waals surface area contributed by atoms with Gasteiger partial charge in [-0.3, -0.25) is 0 Å². The fourth-order valence-electron chi connectivity index (χ4n) is 0.498. The SMILES string of the molecule is CC#CC(CC)OC(=O)O. The average Bonchev–Trinajstić information content (AvgIpc) is 1.86. The smallest absolute Gasteiger partial charge is 0.450 e. The molecule has 0 saturated carbocycles. The van der Waals surface area contributed by atoms with Crippen LogP contribution < -0.4 is 0 Å². The van der Waals surface area contributed by atoms with Crippen LogP contribution in [-0.4, -0.2) is 17.4 Å². The molecule has 0 aromatic carbocycles. The van der Waals surface area contributed by atoms with Crippen LogP contribution in [-0.2, 0) is 4.74 Å². The molecule has 0 aliphatic rings. The van der Waals surface area contributed by atoms with Crippen molar-refractivity contribution in [2.24, 2.45) is 0 Å². The lowest BCUT2D eigenvalue weighted by molar-refractivity contribution is 0.0711. The minimum Gasteiger partial charge on any atom is -0.450 e. The number of ether oxygens (including phenoxy) is 1. The Morgan fingerprint density at radius 2 is 2.40 bits per heavy atom. The highest BCUT2D eigenvalue weighted by Crippen LogP contribution is 1.95. The topological polar surface area (TPSA) is 46.5 Å². The van der Waals surface area contributed by atoms with Gasteiger partial charge < -0.3 is 9.84 Å². The second-order valence-electron chi connectivity index (χ2n) is 1.67. The fraction of sp³-hybridized carbons (Fsp3) is 0.571. The van der Waals surface area contributed by atoms with Gasteiger partial charge in [0.05, 0.1) is 0 Å². The van der Waals surface area contributed by atoms with Gasteiger partial charge >= 0.3 is 6.16 Å². The Hall–Kier alpha value is -1.17. The summed E-state index contributed by atoms with van der Waals surface area (Å²) in [5.41, 5.74) is 0. The first-order valence-electron chi connectivity index (χ1n) is 3.02. The summed E-state index contributed by atoms with van der Waals surface area (Å²) in [5, 5.41) is 8.15. The molecule has 1 N–H and O–H groups in total. The van der Waals surface area contributed by atoms with Crippen LogP contribution in [0, 0.1) is 11.8 Å². The third kappa shape index (κ3) is 3.79. The minimum atomic E-state index is -1.27. The molecule has 56 valence electrons. The lowest BCUT2D eigenvalue weighted by Gasteiger charge is -2.04. The van der Waals surface area contributed by atoms with E-state index in [-0.39, 0.29) is 0 Å². The van der Waals surface area contributed by atoms with Crippen LogP contribution in [0.15, 0.2) is 0 Å². The van der Waals surface area contributed by atoms with Gasteiger partial charge in [0.15, 0.2) is 6.10 Å². The van der Waals surface area contributed by atoms with Gasteiger partial charge in [-0.15, -0.1) is 5.92 Å². The van der Waals surface area contributed by atoms with Crippen molar-refractivity contribution in [2.45, 2.75) is 26.4 Å². The zero-order valence-corrected chi connectivity index (χ0v) is 6.05. The van der Waals surface area contributed by atoms with Crippen molar-refractivity contribution in [2.75, 3.05) is 0 Å².